The predicted octanol–water partition coefficient (Wildman–Crippen LogP) is 6.86. The maximum Gasteiger partial charge on any atom is 0.0435 e. The molecule has 1 rings (SSSR count). The molecule has 0 spiro atoms. The summed E-state index contributed by atoms with van der Waals surface area (Å²) < 4.78 is 2.34. The smallest absolute Gasteiger partial charge is 0.0435 e. The van der Waals surface area contributed by atoms with E-state index >= 15 is 0 Å². The Hall–Kier alpha value is 0.660. The Bertz CT molecular complexity index is 343. The molecule has 17 heavy (non-hydrogen) atoms. The van der Waals surface area contributed by atoms with Crippen LogP contribution in [0.2, 0.25) is 0 Å². The zero-order valence-corrected chi connectivity index (χ0v) is 15.1. The van der Waals surface area contributed by atoms with Crippen LogP contribution < -0.4 is 0 Å². The highest BCUT2D eigenvalue weighted by molar-refractivity contribution is 9.11. The van der Waals surface area contributed by atoms with E-state index in [0.29, 0.717) is 4.83 Å². The normalized spacial score (nSPS) is 13.1. The van der Waals surface area contributed by atoms with E-state index in [-0.39, 0.29) is 0 Å². The van der Waals surface area contributed by atoms with Gasteiger partial charge in [-0.1, -0.05) is 74.5 Å². The van der Waals surface area contributed by atoms with Gasteiger partial charge >= 0.3 is 0 Å². The summed E-state index contributed by atoms with van der Waals surface area (Å²) in [6.07, 6.45) is 5.06. The van der Waals surface area contributed by atoms with Crippen molar-refractivity contribution in [2.45, 2.75) is 44.4 Å². The topological polar surface area (TPSA) is 0 Å². The molecule has 0 aliphatic rings. The highest BCUT2D eigenvalue weighted by atomic mass is 79.9. The van der Waals surface area contributed by atoms with Crippen LogP contribution in [0.15, 0.2) is 27.1 Å². The Morgan fingerprint density at radius 2 is 1.65 bits per heavy atom. The Kier molecular flexibility index (Phi) is 7.36. The maximum absolute atomic E-state index is 3.89. The fourth-order valence-corrected chi connectivity index (χ4v) is 4.25. The molecular formula is C14H19Br3. The third kappa shape index (κ3) is 4.68. The van der Waals surface area contributed by atoms with Crippen LogP contribution in [0.25, 0.3) is 0 Å². The molecule has 1 aromatic carbocycles. The lowest BCUT2D eigenvalue weighted by Crippen LogP contribution is -2.08. The number of halogens is 3. The molecule has 0 aliphatic carbocycles. The standard InChI is InChI=1S/C14H19Br3/c1-3-5-10(6-4-2)14(17)12-9-11(15)7-8-13(12)16/h7-10,14H,3-6H2,1-2H3. The van der Waals surface area contributed by atoms with Crippen molar-refractivity contribution in [1.82, 2.24) is 0 Å². The van der Waals surface area contributed by atoms with Crippen LogP contribution in [0.1, 0.15) is 49.9 Å². The second-order valence-electron chi connectivity index (χ2n) is 4.41. The van der Waals surface area contributed by atoms with Crippen LogP contribution in [0.3, 0.4) is 0 Å². The Labute approximate surface area is 130 Å². The molecule has 0 fully saturated rings. The zero-order chi connectivity index (χ0) is 12.8. The Morgan fingerprint density at radius 1 is 1.06 bits per heavy atom. The number of benzene rings is 1. The molecule has 0 saturated heterocycles. The van der Waals surface area contributed by atoms with Gasteiger partial charge in [-0.15, -0.1) is 0 Å². The first-order valence-electron chi connectivity index (χ1n) is 6.19. The van der Waals surface area contributed by atoms with Crippen molar-refractivity contribution in [1.29, 1.82) is 0 Å². The van der Waals surface area contributed by atoms with Crippen LogP contribution in [0.4, 0.5) is 0 Å². The summed E-state index contributed by atoms with van der Waals surface area (Å²) in [6, 6.07) is 6.40. The third-order valence-electron chi connectivity index (χ3n) is 2.99. The van der Waals surface area contributed by atoms with Crippen molar-refractivity contribution in [2.24, 2.45) is 5.92 Å². The van der Waals surface area contributed by atoms with Gasteiger partial charge < -0.3 is 0 Å². The van der Waals surface area contributed by atoms with Crippen LogP contribution >= 0.6 is 47.8 Å². The van der Waals surface area contributed by atoms with Crippen LogP contribution in [-0.2, 0) is 0 Å². The maximum atomic E-state index is 3.89. The predicted molar refractivity (Wildman–Crippen MR) is 86.8 cm³/mol. The van der Waals surface area contributed by atoms with E-state index in [4.69, 9.17) is 0 Å². The molecule has 1 aromatic rings. The van der Waals surface area contributed by atoms with Gasteiger partial charge in [-0.25, -0.2) is 0 Å². The molecule has 0 aromatic heterocycles. The first-order valence-corrected chi connectivity index (χ1v) is 8.69. The van der Waals surface area contributed by atoms with Gasteiger partial charge in [-0.05, 0) is 42.5 Å². The van der Waals surface area contributed by atoms with Gasteiger partial charge in [-0.2, -0.15) is 0 Å². The van der Waals surface area contributed by atoms with Crippen LogP contribution in [0, 0.1) is 5.92 Å². The molecule has 3 heteroatoms. The minimum Gasteiger partial charge on any atom is -0.0835 e. The summed E-state index contributed by atoms with van der Waals surface area (Å²) >= 11 is 11.1. The van der Waals surface area contributed by atoms with Gasteiger partial charge in [0.1, 0.15) is 0 Å². The summed E-state index contributed by atoms with van der Waals surface area (Å²) in [7, 11) is 0. The second-order valence-corrected chi connectivity index (χ2v) is 7.16. The van der Waals surface area contributed by atoms with Crippen molar-refractivity contribution in [3.8, 4) is 0 Å². The highest BCUT2D eigenvalue weighted by Gasteiger charge is 2.21. The number of hydrogen-bond acceptors (Lipinski definition) is 0. The van der Waals surface area contributed by atoms with E-state index in [1.165, 1.54) is 35.7 Å². The molecule has 0 aliphatic heterocycles. The number of alkyl halides is 1. The van der Waals surface area contributed by atoms with Gasteiger partial charge in [0.05, 0.1) is 0 Å². The molecule has 0 N–H and O–H groups in total. The molecule has 0 heterocycles. The van der Waals surface area contributed by atoms with Crippen molar-refractivity contribution in [3.05, 3.63) is 32.7 Å². The van der Waals surface area contributed by atoms with Gasteiger partial charge in [0, 0.05) is 13.8 Å². The van der Waals surface area contributed by atoms with E-state index in [1.807, 2.05) is 0 Å². The van der Waals surface area contributed by atoms with Crippen molar-refractivity contribution < 1.29 is 0 Å². The van der Waals surface area contributed by atoms with Crippen molar-refractivity contribution in [2.75, 3.05) is 0 Å². The molecule has 0 saturated carbocycles. The molecule has 1 unspecified atom stereocenters. The summed E-state index contributed by atoms with van der Waals surface area (Å²) in [5.74, 6) is 0.718. The van der Waals surface area contributed by atoms with E-state index in [0.717, 1.165) is 10.4 Å². The van der Waals surface area contributed by atoms with Crippen LogP contribution in [-0.4, -0.2) is 0 Å². The molecule has 0 amide bonds. The van der Waals surface area contributed by atoms with Gasteiger partial charge in [0.15, 0.2) is 0 Å². The van der Waals surface area contributed by atoms with Crippen molar-refractivity contribution >= 4 is 47.8 Å². The number of rotatable bonds is 6. The monoisotopic (exact) mass is 424 g/mol. The highest BCUT2D eigenvalue weighted by Crippen LogP contribution is 2.40. The molecule has 96 valence electrons. The van der Waals surface area contributed by atoms with Crippen LogP contribution in [0.5, 0.6) is 0 Å². The first kappa shape index (κ1) is 15.7. The molecule has 1 atom stereocenters. The second kappa shape index (κ2) is 7.96. The van der Waals surface area contributed by atoms with Gasteiger partial charge in [0.2, 0.25) is 0 Å². The number of hydrogen-bond donors (Lipinski definition) is 0. The van der Waals surface area contributed by atoms with Crippen molar-refractivity contribution in [3.63, 3.8) is 0 Å². The minimum absolute atomic E-state index is 0.439. The largest absolute Gasteiger partial charge is 0.0835 e. The Balaban J connectivity index is 2.91. The average molecular weight is 427 g/mol. The summed E-state index contributed by atoms with van der Waals surface area (Å²) in [5.41, 5.74) is 1.35. The minimum atomic E-state index is 0.439. The van der Waals surface area contributed by atoms with E-state index in [9.17, 15) is 0 Å². The lowest BCUT2D eigenvalue weighted by molar-refractivity contribution is 0.434. The van der Waals surface area contributed by atoms with E-state index < -0.39 is 0 Å². The van der Waals surface area contributed by atoms with Gasteiger partial charge in [0.25, 0.3) is 0 Å². The fourth-order valence-electron chi connectivity index (χ4n) is 2.16. The lowest BCUT2D eigenvalue weighted by atomic mass is 9.91. The Morgan fingerprint density at radius 3 is 2.18 bits per heavy atom. The lowest BCUT2D eigenvalue weighted by Gasteiger charge is -2.23. The molecule has 0 nitrogen and oxygen atoms in total. The summed E-state index contributed by atoms with van der Waals surface area (Å²) in [6.45, 7) is 4.52. The SMILES string of the molecule is CCCC(CCC)C(Br)c1cc(Br)ccc1Br. The fraction of sp³-hybridized carbons (Fsp3) is 0.571. The average Bonchev–Trinajstić information content (AvgIpc) is 2.31. The molecular weight excluding hydrogens is 408 g/mol. The quantitative estimate of drug-likeness (QED) is 0.435. The third-order valence-corrected chi connectivity index (χ3v) is 5.44. The summed E-state index contributed by atoms with van der Waals surface area (Å²) in [4.78, 5) is 0.439. The van der Waals surface area contributed by atoms with E-state index in [1.54, 1.807) is 0 Å². The molecule has 0 bridgehead atoms. The zero-order valence-electron chi connectivity index (χ0n) is 10.3. The van der Waals surface area contributed by atoms with E-state index in [2.05, 4.69) is 79.8 Å². The first-order chi connectivity index (χ1) is 8.10. The summed E-state index contributed by atoms with van der Waals surface area (Å²) in [5, 5.41) is 0. The molecule has 0 radical (unpaired) electrons. The van der Waals surface area contributed by atoms with Gasteiger partial charge in [-0.3, -0.25) is 0 Å².